The standard InChI is InChI=1S/C34H37N3O5S/c1-4-42-30-19-21-31(22-20-30)43(40,41)37(29-17-15-26(2)16-18-29)25-33(38)36(24-28-13-9-6-10-14-28)32(34(39)35-3)23-27-11-7-5-8-12-27/h5-22,32H,4,23-25H2,1-3H3,(H,35,39). The van der Waals surface area contributed by atoms with Crippen LogP contribution in [-0.2, 0) is 32.6 Å². The molecule has 224 valence electrons. The van der Waals surface area contributed by atoms with Gasteiger partial charge in [-0.3, -0.25) is 13.9 Å². The number of likely N-dealkylation sites (N-methyl/N-ethyl adjacent to an activating group) is 1. The molecule has 1 N–H and O–H groups in total. The van der Waals surface area contributed by atoms with Crippen molar-refractivity contribution in [2.24, 2.45) is 0 Å². The van der Waals surface area contributed by atoms with Crippen LogP contribution in [0.5, 0.6) is 5.75 Å². The number of rotatable bonds is 13. The predicted molar refractivity (Wildman–Crippen MR) is 168 cm³/mol. The van der Waals surface area contributed by atoms with Crippen LogP contribution in [0.1, 0.15) is 23.6 Å². The number of anilines is 1. The topological polar surface area (TPSA) is 96.0 Å². The van der Waals surface area contributed by atoms with Gasteiger partial charge in [-0.15, -0.1) is 0 Å². The van der Waals surface area contributed by atoms with Crippen molar-refractivity contribution in [1.82, 2.24) is 10.2 Å². The van der Waals surface area contributed by atoms with Gasteiger partial charge in [0, 0.05) is 20.0 Å². The first-order valence-electron chi connectivity index (χ1n) is 14.1. The molecule has 0 saturated carbocycles. The summed E-state index contributed by atoms with van der Waals surface area (Å²) in [6, 6.07) is 31.0. The summed E-state index contributed by atoms with van der Waals surface area (Å²) in [6.07, 6.45) is 0.259. The molecule has 0 heterocycles. The molecule has 0 aliphatic rings. The Bertz CT molecular complexity index is 1590. The van der Waals surface area contributed by atoms with E-state index in [1.165, 1.54) is 24.1 Å². The first kappa shape index (κ1) is 31.3. The summed E-state index contributed by atoms with van der Waals surface area (Å²) in [7, 11) is -2.65. The van der Waals surface area contributed by atoms with Gasteiger partial charge in [0.1, 0.15) is 18.3 Å². The monoisotopic (exact) mass is 599 g/mol. The van der Waals surface area contributed by atoms with Gasteiger partial charge in [0.15, 0.2) is 0 Å². The lowest BCUT2D eigenvalue weighted by molar-refractivity contribution is -0.139. The number of hydrogen-bond donors (Lipinski definition) is 1. The molecule has 0 aliphatic heterocycles. The Hall–Kier alpha value is -4.63. The highest BCUT2D eigenvalue weighted by Crippen LogP contribution is 2.27. The van der Waals surface area contributed by atoms with Crippen LogP contribution >= 0.6 is 0 Å². The Morgan fingerprint density at radius 2 is 1.40 bits per heavy atom. The molecule has 2 amide bonds. The fourth-order valence-electron chi connectivity index (χ4n) is 4.74. The number of nitrogens with one attached hydrogen (secondary N) is 1. The van der Waals surface area contributed by atoms with Crippen LogP contribution in [0.15, 0.2) is 114 Å². The van der Waals surface area contributed by atoms with E-state index in [0.717, 1.165) is 21.0 Å². The number of hydrogen-bond acceptors (Lipinski definition) is 5. The fourth-order valence-corrected chi connectivity index (χ4v) is 6.16. The van der Waals surface area contributed by atoms with Crippen LogP contribution in [0.3, 0.4) is 0 Å². The third-order valence-corrected chi connectivity index (χ3v) is 8.82. The molecular weight excluding hydrogens is 562 g/mol. The number of aryl methyl sites for hydroxylation is 1. The predicted octanol–water partition coefficient (Wildman–Crippen LogP) is 4.98. The van der Waals surface area contributed by atoms with E-state index in [0.29, 0.717) is 18.0 Å². The maximum Gasteiger partial charge on any atom is 0.264 e. The summed E-state index contributed by atoms with van der Waals surface area (Å²) in [5.74, 6) is -0.310. The zero-order chi connectivity index (χ0) is 30.8. The number of carbonyl (C=O) groups is 2. The zero-order valence-electron chi connectivity index (χ0n) is 24.6. The van der Waals surface area contributed by atoms with E-state index in [1.807, 2.05) is 74.5 Å². The molecule has 4 aromatic carbocycles. The van der Waals surface area contributed by atoms with Gasteiger partial charge >= 0.3 is 0 Å². The molecule has 0 fully saturated rings. The minimum Gasteiger partial charge on any atom is -0.494 e. The highest BCUT2D eigenvalue weighted by Gasteiger charge is 2.34. The van der Waals surface area contributed by atoms with Crippen LogP contribution in [0.25, 0.3) is 0 Å². The van der Waals surface area contributed by atoms with E-state index in [1.54, 1.807) is 36.4 Å². The van der Waals surface area contributed by atoms with Crippen LogP contribution in [0.4, 0.5) is 5.69 Å². The maximum atomic E-state index is 14.3. The average molecular weight is 600 g/mol. The van der Waals surface area contributed by atoms with Crippen molar-refractivity contribution in [3.05, 3.63) is 126 Å². The van der Waals surface area contributed by atoms with E-state index in [9.17, 15) is 18.0 Å². The lowest BCUT2D eigenvalue weighted by Gasteiger charge is -2.33. The summed E-state index contributed by atoms with van der Waals surface area (Å²) in [5, 5.41) is 2.69. The second-order valence-corrected chi connectivity index (χ2v) is 11.9. The third-order valence-electron chi connectivity index (χ3n) is 7.04. The van der Waals surface area contributed by atoms with Crippen molar-refractivity contribution in [2.45, 2.75) is 37.8 Å². The molecule has 43 heavy (non-hydrogen) atoms. The van der Waals surface area contributed by atoms with Crippen molar-refractivity contribution >= 4 is 27.5 Å². The lowest BCUT2D eigenvalue weighted by atomic mass is 10.0. The van der Waals surface area contributed by atoms with Gasteiger partial charge < -0.3 is 15.0 Å². The van der Waals surface area contributed by atoms with E-state index in [4.69, 9.17) is 4.74 Å². The zero-order valence-corrected chi connectivity index (χ0v) is 25.5. The Morgan fingerprint density at radius 1 is 0.814 bits per heavy atom. The van der Waals surface area contributed by atoms with E-state index in [2.05, 4.69) is 5.32 Å². The van der Waals surface area contributed by atoms with Crippen molar-refractivity contribution in [1.29, 1.82) is 0 Å². The van der Waals surface area contributed by atoms with Crippen molar-refractivity contribution in [3.8, 4) is 5.75 Å². The SMILES string of the molecule is CCOc1ccc(S(=O)(=O)N(CC(=O)N(Cc2ccccc2)C(Cc2ccccc2)C(=O)NC)c2ccc(C)cc2)cc1. The van der Waals surface area contributed by atoms with Crippen molar-refractivity contribution in [3.63, 3.8) is 0 Å². The molecule has 9 heteroatoms. The molecule has 0 aliphatic carbocycles. The molecule has 0 radical (unpaired) electrons. The lowest BCUT2D eigenvalue weighted by Crippen LogP contribution is -2.53. The van der Waals surface area contributed by atoms with Gasteiger partial charge in [-0.05, 0) is 61.4 Å². The number of sulfonamides is 1. The second kappa shape index (κ2) is 14.5. The van der Waals surface area contributed by atoms with Crippen LogP contribution in [0.2, 0.25) is 0 Å². The molecule has 4 rings (SSSR count). The van der Waals surface area contributed by atoms with Crippen LogP contribution in [-0.4, -0.2) is 51.4 Å². The normalized spacial score (nSPS) is 11.8. The second-order valence-electron chi connectivity index (χ2n) is 10.1. The minimum absolute atomic E-state index is 0.0195. The molecule has 0 bridgehead atoms. The molecular formula is C34H37N3O5S. The van der Waals surface area contributed by atoms with Crippen LogP contribution in [0, 0.1) is 6.92 Å². The first-order valence-corrected chi connectivity index (χ1v) is 15.6. The van der Waals surface area contributed by atoms with Crippen molar-refractivity contribution < 1.29 is 22.7 Å². The number of carbonyl (C=O) groups excluding carboxylic acids is 2. The molecule has 0 spiro atoms. The van der Waals surface area contributed by atoms with Gasteiger partial charge in [-0.2, -0.15) is 0 Å². The summed E-state index contributed by atoms with van der Waals surface area (Å²) >= 11 is 0. The number of benzene rings is 4. The van der Waals surface area contributed by atoms with Gasteiger partial charge in [0.2, 0.25) is 11.8 Å². The van der Waals surface area contributed by atoms with Gasteiger partial charge in [0.25, 0.3) is 10.0 Å². The van der Waals surface area contributed by atoms with E-state index < -0.39 is 28.5 Å². The van der Waals surface area contributed by atoms with E-state index in [-0.39, 0.29) is 23.8 Å². The quantitative estimate of drug-likeness (QED) is 0.234. The summed E-state index contributed by atoms with van der Waals surface area (Å²) < 4.78 is 34.8. The number of nitrogens with zero attached hydrogens (tertiary/aromatic N) is 2. The largest absolute Gasteiger partial charge is 0.494 e. The highest BCUT2D eigenvalue weighted by atomic mass is 32.2. The Kier molecular flexibility index (Phi) is 10.6. The molecule has 1 atom stereocenters. The number of ether oxygens (including phenoxy) is 1. The van der Waals surface area contributed by atoms with Gasteiger partial charge in [0.05, 0.1) is 17.2 Å². The molecule has 0 saturated heterocycles. The smallest absolute Gasteiger partial charge is 0.264 e. The highest BCUT2D eigenvalue weighted by molar-refractivity contribution is 7.92. The summed E-state index contributed by atoms with van der Waals surface area (Å²) in [4.78, 5) is 29.1. The fraction of sp³-hybridized carbons (Fsp3) is 0.235. The maximum absolute atomic E-state index is 14.3. The molecule has 0 aromatic heterocycles. The number of amides is 2. The van der Waals surface area contributed by atoms with Crippen LogP contribution < -0.4 is 14.4 Å². The summed E-state index contributed by atoms with van der Waals surface area (Å²) in [6.45, 7) is 3.81. The molecule has 4 aromatic rings. The first-order chi connectivity index (χ1) is 20.7. The van der Waals surface area contributed by atoms with Crippen molar-refractivity contribution in [2.75, 3.05) is 24.5 Å². The Balaban J connectivity index is 1.76. The van der Waals surface area contributed by atoms with Gasteiger partial charge in [-0.1, -0.05) is 78.4 Å². The average Bonchev–Trinajstić information content (AvgIpc) is 3.03. The van der Waals surface area contributed by atoms with Gasteiger partial charge in [-0.25, -0.2) is 8.42 Å². The molecule has 1 unspecified atom stereocenters. The molecule has 8 nitrogen and oxygen atoms in total. The van der Waals surface area contributed by atoms with E-state index >= 15 is 0 Å². The Morgan fingerprint density at radius 3 is 1.95 bits per heavy atom. The third kappa shape index (κ3) is 8.02. The Labute approximate surface area is 254 Å². The minimum atomic E-state index is -4.18. The summed E-state index contributed by atoms with van der Waals surface area (Å²) in [5.41, 5.74) is 2.97.